The maximum Gasteiger partial charge on any atom is 0.310 e. The predicted octanol–water partition coefficient (Wildman–Crippen LogP) is 5.29. The van der Waals surface area contributed by atoms with Gasteiger partial charge in [-0.05, 0) is 28.1 Å². The Bertz CT molecular complexity index is 691. The molecule has 0 unspecified atom stereocenters. The van der Waals surface area contributed by atoms with Crippen LogP contribution in [0.3, 0.4) is 0 Å². The summed E-state index contributed by atoms with van der Waals surface area (Å²) in [7, 11) is 0. The van der Waals surface area contributed by atoms with Gasteiger partial charge < -0.3 is 9.47 Å². The second-order valence-electron chi connectivity index (χ2n) is 4.46. The number of ether oxygens (including phenoxy) is 2. The van der Waals surface area contributed by atoms with Crippen molar-refractivity contribution in [1.82, 2.24) is 0 Å². The maximum atomic E-state index is 11.4. The van der Waals surface area contributed by atoms with Gasteiger partial charge in [0.1, 0.15) is 18.1 Å². The van der Waals surface area contributed by atoms with E-state index in [1.165, 1.54) is 0 Å². The Morgan fingerprint density at radius 1 is 1.27 bits per heavy atom. The monoisotopic (exact) mass is 400 g/mol. The summed E-state index contributed by atoms with van der Waals surface area (Å²) in [6, 6.07) is 10.7. The SMILES string of the molecule is CCC(=O)Oc1ccccc1COc1cc(Cl)c(S)cc1Br. The summed E-state index contributed by atoms with van der Waals surface area (Å²) in [5.41, 5.74) is 0.780. The molecule has 2 aromatic rings. The third-order valence-electron chi connectivity index (χ3n) is 2.87. The molecule has 0 aliphatic heterocycles. The van der Waals surface area contributed by atoms with Crippen molar-refractivity contribution in [1.29, 1.82) is 0 Å². The molecule has 0 aliphatic rings. The highest BCUT2D eigenvalue weighted by molar-refractivity contribution is 9.10. The summed E-state index contributed by atoms with van der Waals surface area (Å²) in [5.74, 6) is 0.818. The fourth-order valence-corrected chi connectivity index (χ4v) is 2.68. The van der Waals surface area contributed by atoms with E-state index in [0.717, 1.165) is 10.0 Å². The van der Waals surface area contributed by atoms with Crippen molar-refractivity contribution in [3.8, 4) is 11.5 Å². The van der Waals surface area contributed by atoms with Crippen LogP contribution < -0.4 is 9.47 Å². The molecule has 0 fully saturated rings. The van der Waals surface area contributed by atoms with Crippen molar-refractivity contribution >= 4 is 46.1 Å². The lowest BCUT2D eigenvalue weighted by molar-refractivity contribution is -0.134. The van der Waals surface area contributed by atoms with Crippen molar-refractivity contribution in [3.05, 3.63) is 51.5 Å². The van der Waals surface area contributed by atoms with Crippen LogP contribution in [0.25, 0.3) is 0 Å². The summed E-state index contributed by atoms with van der Waals surface area (Å²) in [4.78, 5) is 12.1. The van der Waals surface area contributed by atoms with Gasteiger partial charge in [0.25, 0.3) is 0 Å². The van der Waals surface area contributed by atoms with Gasteiger partial charge in [-0.1, -0.05) is 36.7 Å². The first-order valence-corrected chi connectivity index (χ1v) is 8.22. The van der Waals surface area contributed by atoms with E-state index in [4.69, 9.17) is 21.1 Å². The van der Waals surface area contributed by atoms with Crippen molar-refractivity contribution in [3.63, 3.8) is 0 Å². The number of halogens is 2. The van der Waals surface area contributed by atoms with E-state index in [-0.39, 0.29) is 12.6 Å². The number of rotatable bonds is 5. The molecule has 0 aliphatic carbocycles. The zero-order valence-corrected chi connectivity index (χ0v) is 15.0. The van der Waals surface area contributed by atoms with Crippen LogP contribution >= 0.6 is 40.2 Å². The third-order valence-corrected chi connectivity index (χ3v) is 4.30. The van der Waals surface area contributed by atoms with Crippen LogP contribution in [0.5, 0.6) is 11.5 Å². The van der Waals surface area contributed by atoms with Crippen LogP contribution in [-0.4, -0.2) is 5.97 Å². The molecule has 0 amide bonds. The Morgan fingerprint density at radius 3 is 2.73 bits per heavy atom. The predicted molar refractivity (Wildman–Crippen MR) is 93.1 cm³/mol. The average Bonchev–Trinajstić information content (AvgIpc) is 2.50. The molecule has 2 aromatic carbocycles. The normalized spacial score (nSPS) is 10.4. The summed E-state index contributed by atoms with van der Waals surface area (Å²) in [6.45, 7) is 2.01. The smallest absolute Gasteiger partial charge is 0.310 e. The van der Waals surface area contributed by atoms with E-state index in [1.54, 1.807) is 25.1 Å². The Balaban J connectivity index is 2.15. The molecule has 0 saturated heterocycles. The van der Waals surface area contributed by atoms with Gasteiger partial charge in [0.15, 0.2) is 0 Å². The van der Waals surface area contributed by atoms with Gasteiger partial charge in [0.05, 0.1) is 9.50 Å². The minimum absolute atomic E-state index is 0.258. The number of hydrogen-bond donors (Lipinski definition) is 1. The highest BCUT2D eigenvalue weighted by atomic mass is 79.9. The van der Waals surface area contributed by atoms with E-state index >= 15 is 0 Å². The van der Waals surface area contributed by atoms with Crippen molar-refractivity contribution in [2.24, 2.45) is 0 Å². The number of para-hydroxylation sites is 1. The highest BCUT2D eigenvalue weighted by Crippen LogP contribution is 2.34. The number of carbonyl (C=O) groups is 1. The standard InChI is InChI=1S/C16H14BrClO3S/c1-2-16(19)21-13-6-4-3-5-10(13)9-20-14-8-12(18)15(22)7-11(14)17/h3-8,22H,2,9H2,1H3. The van der Waals surface area contributed by atoms with Gasteiger partial charge in [-0.25, -0.2) is 0 Å². The van der Waals surface area contributed by atoms with E-state index < -0.39 is 0 Å². The fourth-order valence-electron chi connectivity index (χ4n) is 1.70. The Labute approximate surface area is 148 Å². The minimum atomic E-state index is -0.281. The van der Waals surface area contributed by atoms with Gasteiger partial charge >= 0.3 is 5.97 Å². The molecule has 116 valence electrons. The summed E-state index contributed by atoms with van der Waals surface area (Å²) < 4.78 is 11.8. The topological polar surface area (TPSA) is 35.5 Å². The summed E-state index contributed by atoms with van der Waals surface area (Å²) in [6.07, 6.45) is 0.319. The highest BCUT2D eigenvalue weighted by Gasteiger charge is 2.10. The lowest BCUT2D eigenvalue weighted by Crippen LogP contribution is -2.08. The molecule has 0 saturated carbocycles. The molecular weight excluding hydrogens is 388 g/mol. The molecule has 2 rings (SSSR count). The number of esters is 1. The fraction of sp³-hybridized carbons (Fsp3) is 0.188. The zero-order chi connectivity index (χ0) is 16.1. The van der Waals surface area contributed by atoms with Gasteiger partial charge in [0.2, 0.25) is 0 Å². The largest absolute Gasteiger partial charge is 0.488 e. The van der Waals surface area contributed by atoms with E-state index in [2.05, 4.69) is 28.6 Å². The molecule has 3 nitrogen and oxygen atoms in total. The summed E-state index contributed by atoms with van der Waals surface area (Å²) >= 11 is 13.7. The third kappa shape index (κ3) is 4.41. The molecule has 0 heterocycles. The van der Waals surface area contributed by atoms with Crippen LogP contribution in [0.2, 0.25) is 5.02 Å². The van der Waals surface area contributed by atoms with Crippen LogP contribution in [-0.2, 0) is 11.4 Å². The second-order valence-corrected chi connectivity index (χ2v) is 6.20. The van der Waals surface area contributed by atoms with Gasteiger partial charge in [0, 0.05) is 22.9 Å². The molecule has 6 heteroatoms. The zero-order valence-electron chi connectivity index (χ0n) is 11.8. The first kappa shape index (κ1) is 17.2. The van der Waals surface area contributed by atoms with E-state index in [1.807, 2.05) is 18.2 Å². The average molecular weight is 402 g/mol. The van der Waals surface area contributed by atoms with Crippen LogP contribution in [0.1, 0.15) is 18.9 Å². The van der Waals surface area contributed by atoms with Crippen LogP contribution in [0.15, 0.2) is 45.8 Å². The van der Waals surface area contributed by atoms with Crippen LogP contribution in [0.4, 0.5) is 0 Å². The lowest BCUT2D eigenvalue weighted by atomic mass is 10.2. The van der Waals surface area contributed by atoms with Crippen molar-refractivity contribution < 1.29 is 14.3 Å². The number of benzene rings is 2. The first-order chi connectivity index (χ1) is 10.5. The minimum Gasteiger partial charge on any atom is -0.488 e. The van der Waals surface area contributed by atoms with E-state index in [0.29, 0.717) is 27.8 Å². The van der Waals surface area contributed by atoms with Gasteiger partial charge in [-0.3, -0.25) is 4.79 Å². The molecular formula is C16H14BrClO3S. The molecule has 0 radical (unpaired) electrons. The van der Waals surface area contributed by atoms with E-state index in [9.17, 15) is 4.79 Å². The number of hydrogen-bond acceptors (Lipinski definition) is 4. The van der Waals surface area contributed by atoms with Gasteiger partial charge in [-0.2, -0.15) is 0 Å². The van der Waals surface area contributed by atoms with Crippen LogP contribution in [0, 0.1) is 0 Å². The molecule has 0 aromatic heterocycles. The molecule has 22 heavy (non-hydrogen) atoms. The summed E-state index contributed by atoms with van der Waals surface area (Å²) in [5, 5.41) is 0.507. The Kier molecular flexibility index (Phi) is 6.17. The second kappa shape index (κ2) is 7.90. The maximum absolute atomic E-state index is 11.4. The molecule has 0 N–H and O–H groups in total. The first-order valence-electron chi connectivity index (χ1n) is 6.60. The van der Waals surface area contributed by atoms with Crippen molar-refractivity contribution in [2.75, 3.05) is 0 Å². The lowest BCUT2D eigenvalue weighted by Gasteiger charge is -2.12. The molecule has 0 atom stereocenters. The number of carbonyl (C=O) groups excluding carboxylic acids is 1. The molecule has 0 spiro atoms. The van der Waals surface area contributed by atoms with Gasteiger partial charge in [-0.15, -0.1) is 12.6 Å². The Morgan fingerprint density at radius 2 is 2.00 bits per heavy atom. The van der Waals surface area contributed by atoms with Crippen molar-refractivity contribution in [2.45, 2.75) is 24.8 Å². The number of thiol groups is 1. The Hall–Kier alpha value is -1.17. The molecule has 0 bridgehead atoms. The quantitative estimate of drug-likeness (QED) is 0.420.